The molecule has 90 valence electrons. The topological polar surface area (TPSA) is 15.3 Å². The Morgan fingerprint density at radius 3 is 2.20 bits per heavy atom. The van der Waals surface area contributed by atoms with Gasteiger partial charge in [-0.05, 0) is 39.7 Å². The van der Waals surface area contributed by atoms with Gasteiger partial charge in [-0.1, -0.05) is 20.8 Å². The zero-order chi connectivity index (χ0) is 11.9. The van der Waals surface area contributed by atoms with Gasteiger partial charge in [0.15, 0.2) is 0 Å². The summed E-state index contributed by atoms with van der Waals surface area (Å²) in [6.07, 6.45) is 1.25. The van der Waals surface area contributed by atoms with Gasteiger partial charge in [0.1, 0.15) is 0 Å². The van der Waals surface area contributed by atoms with Crippen LogP contribution in [0.5, 0.6) is 0 Å². The highest BCUT2D eigenvalue weighted by Gasteiger charge is 2.36. The minimum absolute atomic E-state index is 0.316. The Hall–Kier alpha value is -0.0800. The highest BCUT2D eigenvalue weighted by molar-refractivity contribution is 4.95. The third kappa shape index (κ3) is 3.18. The van der Waals surface area contributed by atoms with E-state index < -0.39 is 0 Å². The van der Waals surface area contributed by atoms with Crippen LogP contribution in [0.25, 0.3) is 0 Å². The molecule has 2 unspecified atom stereocenters. The van der Waals surface area contributed by atoms with Gasteiger partial charge in [0.2, 0.25) is 0 Å². The van der Waals surface area contributed by atoms with Crippen LogP contribution in [0.2, 0.25) is 0 Å². The number of likely N-dealkylation sites (N-methyl/N-ethyl adjacent to an activating group) is 1. The molecule has 1 N–H and O–H groups in total. The Morgan fingerprint density at radius 2 is 1.87 bits per heavy atom. The van der Waals surface area contributed by atoms with Crippen LogP contribution in [0.15, 0.2) is 0 Å². The first-order valence-electron chi connectivity index (χ1n) is 6.10. The van der Waals surface area contributed by atoms with Gasteiger partial charge >= 0.3 is 0 Å². The molecule has 0 bridgehead atoms. The zero-order valence-electron chi connectivity index (χ0n) is 11.5. The number of hydrogen-bond acceptors (Lipinski definition) is 2. The molecule has 1 aliphatic heterocycles. The molecular formula is C13H28N2. The Morgan fingerprint density at radius 1 is 1.33 bits per heavy atom. The number of nitrogens with one attached hydrogen (secondary N) is 1. The molecule has 2 atom stereocenters. The van der Waals surface area contributed by atoms with Crippen molar-refractivity contribution in [2.45, 2.75) is 65.6 Å². The summed E-state index contributed by atoms with van der Waals surface area (Å²) >= 11 is 0. The van der Waals surface area contributed by atoms with Crippen molar-refractivity contribution < 1.29 is 0 Å². The predicted octanol–water partition coefficient (Wildman–Crippen LogP) is 2.49. The largest absolute Gasteiger partial charge is 0.310 e. The quantitative estimate of drug-likeness (QED) is 0.756. The van der Waals surface area contributed by atoms with E-state index in [9.17, 15) is 0 Å². The van der Waals surface area contributed by atoms with Crippen LogP contribution >= 0.6 is 0 Å². The Balaban J connectivity index is 2.59. The van der Waals surface area contributed by atoms with Crippen LogP contribution in [0, 0.1) is 5.41 Å². The zero-order valence-corrected chi connectivity index (χ0v) is 11.5. The highest BCUT2D eigenvalue weighted by Crippen LogP contribution is 2.29. The van der Waals surface area contributed by atoms with Gasteiger partial charge in [0.05, 0.1) is 0 Å². The fraction of sp³-hybridized carbons (Fsp3) is 1.00. The van der Waals surface area contributed by atoms with E-state index in [0.29, 0.717) is 23.0 Å². The summed E-state index contributed by atoms with van der Waals surface area (Å²) in [6.45, 7) is 15.0. The molecule has 1 fully saturated rings. The van der Waals surface area contributed by atoms with E-state index in [4.69, 9.17) is 0 Å². The van der Waals surface area contributed by atoms with E-state index in [-0.39, 0.29) is 0 Å². The van der Waals surface area contributed by atoms with Crippen molar-refractivity contribution in [1.82, 2.24) is 10.2 Å². The second-order valence-electron chi connectivity index (χ2n) is 6.83. The molecule has 0 radical (unpaired) electrons. The van der Waals surface area contributed by atoms with Crippen molar-refractivity contribution in [1.29, 1.82) is 0 Å². The van der Waals surface area contributed by atoms with E-state index >= 15 is 0 Å². The minimum Gasteiger partial charge on any atom is -0.310 e. The first-order valence-corrected chi connectivity index (χ1v) is 6.10. The molecule has 2 nitrogen and oxygen atoms in total. The summed E-state index contributed by atoms with van der Waals surface area (Å²) in [4.78, 5) is 2.54. The fourth-order valence-corrected chi connectivity index (χ4v) is 2.34. The number of hydrogen-bond donors (Lipinski definition) is 1. The SMILES string of the molecule is CC(N(C)C1CNC(C)(C)C1)C(C)(C)C. The monoisotopic (exact) mass is 212 g/mol. The van der Waals surface area contributed by atoms with Crippen molar-refractivity contribution in [3.05, 3.63) is 0 Å². The predicted molar refractivity (Wildman–Crippen MR) is 67.2 cm³/mol. The molecule has 0 amide bonds. The van der Waals surface area contributed by atoms with Crippen molar-refractivity contribution in [2.75, 3.05) is 13.6 Å². The average molecular weight is 212 g/mol. The molecule has 2 heteroatoms. The smallest absolute Gasteiger partial charge is 0.0238 e. The molecule has 15 heavy (non-hydrogen) atoms. The van der Waals surface area contributed by atoms with Crippen molar-refractivity contribution in [3.63, 3.8) is 0 Å². The number of rotatable bonds is 2. The van der Waals surface area contributed by atoms with Gasteiger partial charge in [0, 0.05) is 24.2 Å². The maximum atomic E-state index is 3.59. The second-order valence-corrected chi connectivity index (χ2v) is 6.83. The summed E-state index contributed by atoms with van der Waals surface area (Å²) in [7, 11) is 2.27. The van der Waals surface area contributed by atoms with Crippen molar-refractivity contribution >= 4 is 0 Å². The van der Waals surface area contributed by atoms with Gasteiger partial charge in [-0.2, -0.15) is 0 Å². The molecule has 0 aromatic carbocycles. The van der Waals surface area contributed by atoms with E-state index in [1.54, 1.807) is 0 Å². The standard InChI is InChI=1S/C13H28N2/c1-10(12(2,3)4)15(7)11-8-13(5,6)14-9-11/h10-11,14H,8-9H2,1-7H3. The highest BCUT2D eigenvalue weighted by atomic mass is 15.2. The molecule has 1 heterocycles. The van der Waals surface area contributed by atoms with Crippen LogP contribution < -0.4 is 5.32 Å². The first kappa shape index (κ1) is 13.0. The van der Waals surface area contributed by atoms with Crippen molar-refractivity contribution in [2.24, 2.45) is 5.41 Å². The minimum atomic E-state index is 0.316. The normalized spacial score (nSPS) is 28.4. The second kappa shape index (κ2) is 4.06. The van der Waals surface area contributed by atoms with Crippen LogP contribution in [0.3, 0.4) is 0 Å². The van der Waals surface area contributed by atoms with E-state index in [1.165, 1.54) is 6.42 Å². The third-order valence-corrected chi connectivity index (χ3v) is 4.00. The molecular weight excluding hydrogens is 184 g/mol. The summed E-state index contributed by atoms with van der Waals surface area (Å²) in [5, 5.41) is 3.59. The molecule has 1 aliphatic rings. The molecule has 1 saturated heterocycles. The Kier molecular flexibility index (Phi) is 3.52. The molecule has 0 spiro atoms. The number of nitrogens with zero attached hydrogens (tertiary/aromatic N) is 1. The molecule has 0 aliphatic carbocycles. The van der Waals surface area contributed by atoms with E-state index in [2.05, 4.69) is 58.8 Å². The van der Waals surface area contributed by atoms with Gasteiger partial charge < -0.3 is 5.32 Å². The summed E-state index contributed by atoms with van der Waals surface area (Å²) in [5.41, 5.74) is 0.679. The molecule has 0 aromatic heterocycles. The van der Waals surface area contributed by atoms with Crippen LogP contribution in [-0.2, 0) is 0 Å². The summed E-state index contributed by atoms with van der Waals surface area (Å²) in [5.74, 6) is 0. The first-order chi connectivity index (χ1) is 6.63. The third-order valence-electron chi connectivity index (χ3n) is 4.00. The van der Waals surface area contributed by atoms with Crippen LogP contribution in [-0.4, -0.2) is 36.1 Å². The van der Waals surface area contributed by atoms with Crippen LogP contribution in [0.1, 0.15) is 48.0 Å². The van der Waals surface area contributed by atoms with E-state index in [1.807, 2.05) is 0 Å². The lowest BCUT2D eigenvalue weighted by molar-refractivity contribution is 0.102. The lowest BCUT2D eigenvalue weighted by atomic mass is 9.86. The van der Waals surface area contributed by atoms with Crippen LogP contribution in [0.4, 0.5) is 0 Å². The average Bonchev–Trinajstić information content (AvgIpc) is 2.42. The van der Waals surface area contributed by atoms with E-state index in [0.717, 1.165) is 6.54 Å². The Labute approximate surface area is 95.4 Å². The molecule has 0 saturated carbocycles. The van der Waals surface area contributed by atoms with Gasteiger partial charge in [-0.15, -0.1) is 0 Å². The maximum absolute atomic E-state index is 3.59. The lowest BCUT2D eigenvalue weighted by Crippen LogP contribution is -2.46. The molecule has 0 aromatic rings. The van der Waals surface area contributed by atoms with Crippen molar-refractivity contribution in [3.8, 4) is 0 Å². The summed E-state index contributed by atoms with van der Waals surface area (Å²) in [6, 6.07) is 1.31. The maximum Gasteiger partial charge on any atom is 0.0238 e. The Bertz CT molecular complexity index is 215. The van der Waals surface area contributed by atoms with Gasteiger partial charge in [-0.3, -0.25) is 4.90 Å². The lowest BCUT2D eigenvalue weighted by Gasteiger charge is -2.39. The molecule has 1 rings (SSSR count). The fourth-order valence-electron chi connectivity index (χ4n) is 2.34. The van der Waals surface area contributed by atoms with Gasteiger partial charge in [0.25, 0.3) is 0 Å². The van der Waals surface area contributed by atoms with Gasteiger partial charge in [-0.25, -0.2) is 0 Å². The summed E-state index contributed by atoms with van der Waals surface area (Å²) < 4.78 is 0.